The summed E-state index contributed by atoms with van der Waals surface area (Å²) in [6, 6.07) is 11.2. The van der Waals surface area contributed by atoms with Crippen LogP contribution in [0.2, 0.25) is 0 Å². The Bertz CT molecular complexity index is 936. The molecule has 0 radical (unpaired) electrons. The monoisotopic (exact) mass is 418 g/mol. The second-order valence-electron chi connectivity index (χ2n) is 6.20. The summed E-state index contributed by atoms with van der Waals surface area (Å²) < 4.78 is 16.9. The minimum atomic E-state index is -0.209. The van der Waals surface area contributed by atoms with Crippen molar-refractivity contribution in [2.75, 3.05) is 0 Å². The van der Waals surface area contributed by atoms with Gasteiger partial charge >= 0.3 is 0 Å². The van der Waals surface area contributed by atoms with Crippen LogP contribution in [0.5, 0.6) is 0 Å². The maximum atomic E-state index is 13.3. The number of fused-ring (bicyclic) bond motifs is 2. The van der Waals surface area contributed by atoms with Crippen molar-refractivity contribution < 1.29 is 4.39 Å². The van der Waals surface area contributed by atoms with E-state index in [2.05, 4.69) is 58.1 Å². The number of rotatable bonds is 2. The van der Waals surface area contributed by atoms with Gasteiger partial charge in [0.25, 0.3) is 0 Å². The molecule has 4 rings (SSSR count). The van der Waals surface area contributed by atoms with Gasteiger partial charge in [0.1, 0.15) is 5.82 Å². The molecule has 0 unspecified atom stereocenters. The highest BCUT2D eigenvalue weighted by Gasteiger charge is 2.21. The van der Waals surface area contributed by atoms with Gasteiger partial charge < -0.3 is 4.57 Å². The Hall–Kier alpha value is -1.69. The molecule has 0 saturated carbocycles. The largest absolute Gasteiger partial charge is 0.312 e. The van der Waals surface area contributed by atoms with Gasteiger partial charge in [-0.05, 0) is 76.0 Å². The van der Waals surface area contributed by atoms with Crippen molar-refractivity contribution in [1.82, 2.24) is 4.57 Å². The average Bonchev–Trinajstić information content (AvgIpc) is 3.09. The van der Waals surface area contributed by atoms with Gasteiger partial charge in [0.15, 0.2) is 0 Å². The standard InChI is InChI=1S/C19H16FIN2/c1-11(2)19-18(21)16-7-12-9-22-10-13(12)8-17(16)23(19)15-5-3-14(20)4-6-15/h3-8,10-11H,9H2,1-2H3. The fourth-order valence-corrected chi connectivity index (χ4v) is 4.55. The van der Waals surface area contributed by atoms with Crippen LogP contribution in [-0.2, 0) is 6.54 Å². The molecule has 1 aromatic heterocycles. The van der Waals surface area contributed by atoms with Crippen molar-refractivity contribution in [2.45, 2.75) is 26.3 Å². The lowest BCUT2D eigenvalue weighted by molar-refractivity contribution is 0.627. The molecule has 0 N–H and O–H groups in total. The van der Waals surface area contributed by atoms with Crippen LogP contribution in [-0.4, -0.2) is 10.8 Å². The zero-order valence-electron chi connectivity index (χ0n) is 13.0. The van der Waals surface area contributed by atoms with Crippen molar-refractivity contribution in [1.29, 1.82) is 0 Å². The van der Waals surface area contributed by atoms with Gasteiger partial charge in [0, 0.05) is 26.6 Å². The van der Waals surface area contributed by atoms with Crippen molar-refractivity contribution in [3.63, 3.8) is 0 Å². The second kappa shape index (κ2) is 5.44. The van der Waals surface area contributed by atoms with Crippen LogP contribution in [0.15, 0.2) is 41.4 Å². The van der Waals surface area contributed by atoms with Gasteiger partial charge in [-0.25, -0.2) is 4.39 Å². The molecule has 0 spiro atoms. The molecule has 0 atom stereocenters. The Morgan fingerprint density at radius 3 is 2.61 bits per heavy atom. The smallest absolute Gasteiger partial charge is 0.123 e. The lowest BCUT2D eigenvalue weighted by Crippen LogP contribution is -2.03. The summed E-state index contributed by atoms with van der Waals surface area (Å²) in [6.45, 7) is 5.16. The van der Waals surface area contributed by atoms with Gasteiger partial charge in [0.2, 0.25) is 0 Å². The Morgan fingerprint density at radius 1 is 1.17 bits per heavy atom. The van der Waals surface area contributed by atoms with Crippen molar-refractivity contribution in [2.24, 2.45) is 4.99 Å². The molecular formula is C19H16FIN2. The van der Waals surface area contributed by atoms with E-state index in [1.165, 1.54) is 37.9 Å². The van der Waals surface area contributed by atoms with E-state index in [1.54, 1.807) is 0 Å². The molecule has 0 bridgehead atoms. The number of aromatic nitrogens is 1. The molecule has 0 aliphatic carbocycles. The maximum Gasteiger partial charge on any atom is 0.123 e. The highest BCUT2D eigenvalue weighted by molar-refractivity contribution is 14.1. The van der Waals surface area contributed by atoms with E-state index in [-0.39, 0.29) is 5.82 Å². The van der Waals surface area contributed by atoms with Crippen LogP contribution in [0.1, 0.15) is 36.6 Å². The van der Waals surface area contributed by atoms with Gasteiger partial charge in [-0.1, -0.05) is 13.8 Å². The molecule has 0 saturated heterocycles. The molecule has 1 aliphatic heterocycles. The summed E-state index contributed by atoms with van der Waals surface area (Å²) in [5, 5.41) is 1.25. The molecule has 4 heteroatoms. The Morgan fingerprint density at radius 2 is 1.91 bits per heavy atom. The third-order valence-corrected chi connectivity index (χ3v) is 5.46. The van der Waals surface area contributed by atoms with E-state index in [0.717, 1.165) is 17.7 Å². The lowest BCUT2D eigenvalue weighted by atomic mass is 10.1. The van der Waals surface area contributed by atoms with Crippen LogP contribution < -0.4 is 0 Å². The zero-order valence-corrected chi connectivity index (χ0v) is 15.1. The third-order valence-electron chi connectivity index (χ3n) is 4.32. The Labute approximate surface area is 148 Å². The number of nitrogens with zero attached hydrogens (tertiary/aromatic N) is 2. The minimum absolute atomic E-state index is 0.209. The van der Waals surface area contributed by atoms with Gasteiger partial charge in [-0.2, -0.15) is 0 Å². The van der Waals surface area contributed by atoms with E-state index in [1.807, 2.05) is 18.3 Å². The molecule has 2 nitrogen and oxygen atoms in total. The fourth-order valence-electron chi connectivity index (χ4n) is 3.26. The number of hydrogen-bond donors (Lipinski definition) is 0. The quantitative estimate of drug-likeness (QED) is 0.494. The molecule has 3 aromatic rings. The highest BCUT2D eigenvalue weighted by Crippen LogP contribution is 2.37. The summed E-state index contributed by atoms with van der Waals surface area (Å²) in [5.74, 6) is 0.168. The van der Waals surface area contributed by atoms with Crippen molar-refractivity contribution in [3.8, 4) is 5.69 Å². The molecule has 2 aromatic carbocycles. The molecule has 0 fully saturated rings. The average molecular weight is 418 g/mol. The minimum Gasteiger partial charge on any atom is -0.312 e. The van der Waals surface area contributed by atoms with Crippen molar-refractivity contribution in [3.05, 3.63) is 62.6 Å². The number of halogens is 2. The molecule has 116 valence electrons. The first-order valence-electron chi connectivity index (χ1n) is 7.68. The summed E-state index contributed by atoms with van der Waals surface area (Å²) in [5.41, 5.74) is 5.90. The number of aliphatic imine (C=N–C) groups is 1. The topological polar surface area (TPSA) is 17.3 Å². The fraction of sp³-hybridized carbons (Fsp3) is 0.211. The van der Waals surface area contributed by atoms with Gasteiger partial charge in [-0.3, -0.25) is 4.99 Å². The van der Waals surface area contributed by atoms with Crippen LogP contribution in [0, 0.1) is 9.39 Å². The summed E-state index contributed by atoms with van der Waals surface area (Å²) >= 11 is 2.44. The first kappa shape index (κ1) is 14.9. The predicted molar refractivity (Wildman–Crippen MR) is 101 cm³/mol. The summed E-state index contributed by atoms with van der Waals surface area (Å²) in [4.78, 5) is 4.37. The Balaban J connectivity index is 2.09. The van der Waals surface area contributed by atoms with Gasteiger partial charge in [-0.15, -0.1) is 0 Å². The molecule has 23 heavy (non-hydrogen) atoms. The SMILES string of the molecule is CC(C)c1c(I)c2cc3c(cc2n1-c1ccc(F)cc1)C=NC3. The first-order chi connectivity index (χ1) is 11.1. The lowest BCUT2D eigenvalue weighted by Gasteiger charge is -2.14. The van der Waals surface area contributed by atoms with E-state index >= 15 is 0 Å². The van der Waals surface area contributed by atoms with Gasteiger partial charge in [0.05, 0.1) is 12.1 Å². The van der Waals surface area contributed by atoms with E-state index in [9.17, 15) is 4.39 Å². The molecular weight excluding hydrogens is 402 g/mol. The summed E-state index contributed by atoms with van der Waals surface area (Å²) in [6.07, 6.45) is 1.94. The zero-order chi connectivity index (χ0) is 16.1. The van der Waals surface area contributed by atoms with Crippen LogP contribution in [0.3, 0.4) is 0 Å². The maximum absolute atomic E-state index is 13.3. The molecule has 2 heterocycles. The van der Waals surface area contributed by atoms with Crippen LogP contribution >= 0.6 is 22.6 Å². The van der Waals surface area contributed by atoms with E-state index in [0.29, 0.717) is 5.92 Å². The van der Waals surface area contributed by atoms with Crippen LogP contribution in [0.4, 0.5) is 4.39 Å². The van der Waals surface area contributed by atoms with E-state index < -0.39 is 0 Å². The normalized spacial score (nSPS) is 13.3. The number of benzene rings is 2. The third kappa shape index (κ3) is 2.31. The second-order valence-corrected chi connectivity index (χ2v) is 7.28. The highest BCUT2D eigenvalue weighted by atomic mass is 127. The molecule has 0 amide bonds. The number of hydrogen-bond acceptors (Lipinski definition) is 1. The van der Waals surface area contributed by atoms with Crippen molar-refractivity contribution >= 4 is 39.7 Å². The Kier molecular flexibility index (Phi) is 3.52. The summed E-state index contributed by atoms with van der Waals surface area (Å²) in [7, 11) is 0. The van der Waals surface area contributed by atoms with E-state index in [4.69, 9.17) is 0 Å². The first-order valence-corrected chi connectivity index (χ1v) is 8.76. The molecule has 1 aliphatic rings. The predicted octanol–water partition coefficient (Wildman–Crippen LogP) is 5.43. The van der Waals surface area contributed by atoms with Crippen LogP contribution in [0.25, 0.3) is 16.6 Å².